The zero-order valence-corrected chi connectivity index (χ0v) is 30.9. The molecule has 0 spiro atoms. The monoisotopic (exact) mass is 718 g/mol. The fraction of sp³-hybridized carbons (Fsp3) is 0.317. The van der Waals surface area contributed by atoms with Crippen molar-refractivity contribution in [1.82, 2.24) is 19.9 Å². The number of carboxylic acids is 1. The summed E-state index contributed by atoms with van der Waals surface area (Å²) in [7, 11) is 3.88. The molecule has 3 aliphatic rings. The van der Waals surface area contributed by atoms with E-state index in [1.54, 1.807) is 25.2 Å². The lowest BCUT2D eigenvalue weighted by atomic mass is 9.64. The molecule has 1 unspecified atom stereocenters. The molecule has 0 amide bonds. The minimum absolute atomic E-state index is 0.0735. The van der Waals surface area contributed by atoms with Gasteiger partial charge in [-0.3, -0.25) is 19.4 Å². The molecule has 1 aliphatic carbocycles. The van der Waals surface area contributed by atoms with Crippen LogP contribution in [0.3, 0.4) is 0 Å². The van der Waals surface area contributed by atoms with Gasteiger partial charge < -0.3 is 29.3 Å². The molecule has 53 heavy (non-hydrogen) atoms. The van der Waals surface area contributed by atoms with E-state index in [1.165, 1.54) is 21.3 Å². The van der Waals surface area contributed by atoms with Gasteiger partial charge in [-0.05, 0) is 98.2 Å². The number of esters is 3. The number of H-pyrrole nitrogens is 2. The molecule has 0 radical (unpaired) electrons. The highest BCUT2D eigenvalue weighted by molar-refractivity contribution is 6.03. The van der Waals surface area contributed by atoms with Crippen LogP contribution in [0.1, 0.15) is 84.1 Å². The first-order valence-electron chi connectivity index (χ1n) is 17.2. The van der Waals surface area contributed by atoms with E-state index in [9.17, 15) is 24.3 Å². The molecule has 12 heteroatoms. The van der Waals surface area contributed by atoms with Gasteiger partial charge in [0.1, 0.15) is 5.41 Å². The Morgan fingerprint density at radius 1 is 0.830 bits per heavy atom. The third-order valence-electron chi connectivity index (χ3n) is 10.7. The normalized spacial score (nSPS) is 17.8. The number of rotatable bonds is 9. The van der Waals surface area contributed by atoms with Gasteiger partial charge in [0, 0.05) is 46.4 Å². The van der Waals surface area contributed by atoms with E-state index in [-0.39, 0.29) is 30.8 Å². The van der Waals surface area contributed by atoms with Crippen molar-refractivity contribution in [2.24, 2.45) is 5.41 Å². The van der Waals surface area contributed by atoms with Crippen LogP contribution in [-0.4, -0.2) is 70.2 Å². The number of allylic oxidation sites excluding steroid dienone is 5. The van der Waals surface area contributed by atoms with Crippen LogP contribution in [0.5, 0.6) is 0 Å². The summed E-state index contributed by atoms with van der Waals surface area (Å²) in [5.41, 5.74) is 9.60. The van der Waals surface area contributed by atoms with Crippen LogP contribution in [0.25, 0.3) is 44.9 Å². The molecule has 2 atom stereocenters. The number of ether oxygens (including phenoxy) is 3. The second-order valence-electron chi connectivity index (χ2n) is 13.5. The number of aliphatic carboxylic acids is 1. The fourth-order valence-corrected chi connectivity index (χ4v) is 7.69. The Labute approximate surface area is 306 Å². The van der Waals surface area contributed by atoms with Crippen molar-refractivity contribution in [2.75, 3.05) is 21.3 Å². The fourth-order valence-electron chi connectivity index (χ4n) is 7.69. The Kier molecular flexibility index (Phi) is 9.83. The number of hydrogen-bond donors (Lipinski definition) is 3. The highest BCUT2D eigenvalue weighted by atomic mass is 16.5. The molecule has 3 N–H and O–H groups in total. The van der Waals surface area contributed by atoms with E-state index < -0.39 is 29.2 Å². The summed E-state index contributed by atoms with van der Waals surface area (Å²) in [4.78, 5) is 68.3. The number of nitrogens with zero attached hydrogens (tertiary/aromatic N) is 2. The number of hydrogen-bond acceptors (Lipinski definition) is 9. The van der Waals surface area contributed by atoms with Crippen LogP contribution in [0.2, 0.25) is 0 Å². The van der Waals surface area contributed by atoms with Crippen LogP contribution in [0, 0.1) is 19.3 Å². The van der Waals surface area contributed by atoms with Gasteiger partial charge in [0.05, 0.1) is 49.7 Å². The summed E-state index contributed by atoms with van der Waals surface area (Å²) in [6, 6.07) is 7.58. The smallest absolute Gasteiger partial charge is 0.334 e. The van der Waals surface area contributed by atoms with E-state index in [0.29, 0.717) is 40.3 Å². The maximum atomic E-state index is 13.8. The van der Waals surface area contributed by atoms with Crippen LogP contribution in [0.4, 0.5) is 0 Å². The number of nitrogens with one attached hydrogen (secondary N) is 2. The predicted octanol–water partition coefficient (Wildman–Crippen LogP) is 6.94. The first-order chi connectivity index (χ1) is 25.3. The summed E-state index contributed by atoms with van der Waals surface area (Å²) >= 11 is 0. The van der Waals surface area contributed by atoms with Gasteiger partial charge >= 0.3 is 23.9 Å². The molecule has 8 bridgehead atoms. The summed E-state index contributed by atoms with van der Waals surface area (Å²) in [5, 5.41) is 9.61. The Morgan fingerprint density at radius 3 is 2.19 bits per heavy atom. The van der Waals surface area contributed by atoms with E-state index >= 15 is 0 Å². The first-order valence-corrected chi connectivity index (χ1v) is 17.2. The van der Waals surface area contributed by atoms with Crippen molar-refractivity contribution in [3.63, 3.8) is 0 Å². The van der Waals surface area contributed by atoms with Crippen LogP contribution in [0.15, 0.2) is 48.6 Å². The average molecular weight is 719 g/mol. The largest absolute Gasteiger partial charge is 0.481 e. The number of carbonyl (C=O) groups excluding carboxylic acids is 3. The maximum absolute atomic E-state index is 13.8. The molecule has 3 aromatic rings. The van der Waals surface area contributed by atoms with Gasteiger partial charge in [-0.25, -0.2) is 9.78 Å². The summed E-state index contributed by atoms with van der Waals surface area (Å²) in [6.45, 7) is 11.6. The van der Waals surface area contributed by atoms with Gasteiger partial charge in [0.15, 0.2) is 0 Å². The maximum Gasteiger partial charge on any atom is 0.334 e. The minimum atomic E-state index is -1.52. The lowest BCUT2D eigenvalue weighted by molar-refractivity contribution is -0.153. The quantitative estimate of drug-likeness (QED) is 0.155. The van der Waals surface area contributed by atoms with E-state index in [0.717, 1.165) is 50.0 Å². The van der Waals surface area contributed by atoms with Crippen molar-refractivity contribution < 1.29 is 38.5 Å². The molecule has 2 aliphatic heterocycles. The van der Waals surface area contributed by atoms with Gasteiger partial charge in [0.25, 0.3) is 0 Å². The van der Waals surface area contributed by atoms with Crippen LogP contribution >= 0.6 is 0 Å². The summed E-state index contributed by atoms with van der Waals surface area (Å²) in [6.07, 6.45) is 5.79. The number of aryl methyl sites for hydroxylation is 3. The summed E-state index contributed by atoms with van der Waals surface area (Å²) in [5.74, 6) is -3.35. The average Bonchev–Trinajstić information content (AvgIpc) is 3.82. The second-order valence-corrected chi connectivity index (χ2v) is 13.5. The zero-order valence-electron chi connectivity index (χ0n) is 30.9. The number of fused-ring (bicyclic) bond motifs is 11. The topological polar surface area (TPSA) is 174 Å². The molecule has 12 nitrogen and oxygen atoms in total. The molecule has 3 aromatic heterocycles. The number of aromatic nitrogens is 4. The number of carboxylic acid groups (broad SMARTS) is 1. The SMILES string of the molecule is C=Cc1c(C)c2cc3nc(cc4nc(cc5[nH]c(cc1[nH]2)c(C)c5CCC(=O)O)C(CCC(=O)OC)=C4C)C1C3=CC=C(C(=O)OC)[C@@]1(C)C(=O)OC. The minimum Gasteiger partial charge on any atom is -0.481 e. The highest BCUT2D eigenvalue weighted by Crippen LogP contribution is 2.55. The molecule has 0 saturated carbocycles. The molecular weight excluding hydrogens is 676 g/mol. The third-order valence-corrected chi connectivity index (χ3v) is 10.7. The third kappa shape index (κ3) is 6.28. The molecule has 5 heterocycles. The molecule has 0 saturated heterocycles. The Bertz CT molecular complexity index is 2370. The van der Waals surface area contributed by atoms with Crippen molar-refractivity contribution in [3.05, 3.63) is 93.6 Å². The van der Waals surface area contributed by atoms with Crippen molar-refractivity contribution in [1.29, 1.82) is 0 Å². The van der Waals surface area contributed by atoms with Crippen LogP contribution in [-0.2, 0) is 39.8 Å². The Balaban J connectivity index is 1.77. The van der Waals surface area contributed by atoms with Crippen molar-refractivity contribution in [2.45, 2.75) is 59.3 Å². The molecule has 6 rings (SSSR count). The van der Waals surface area contributed by atoms with Gasteiger partial charge in [0.2, 0.25) is 0 Å². The lowest BCUT2D eigenvalue weighted by Crippen LogP contribution is -2.41. The van der Waals surface area contributed by atoms with Crippen LogP contribution < -0.4 is 0 Å². The lowest BCUT2D eigenvalue weighted by Gasteiger charge is -2.36. The van der Waals surface area contributed by atoms with E-state index in [4.69, 9.17) is 24.2 Å². The molecule has 0 fully saturated rings. The van der Waals surface area contributed by atoms with Crippen molar-refractivity contribution >= 4 is 68.7 Å². The van der Waals surface area contributed by atoms with E-state index in [1.807, 2.05) is 45.0 Å². The Hall–Kier alpha value is -6.04. The summed E-state index contributed by atoms with van der Waals surface area (Å²) < 4.78 is 15.4. The molecule has 0 aromatic carbocycles. The van der Waals surface area contributed by atoms with Gasteiger partial charge in [-0.2, -0.15) is 0 Å². The van der Waals surface area contributed by atoms with Gasteiger partial charge in [-0.1, -0.05) is 24.8 Å². The van der Waals surface area contributed by atoms with Gasteiger partial charge in [-0.15, -0.1) is 0 Å². The Morgan fingerprint density at radius 2 is 1.53 bits per heavy atom. The number of carbonyl (C=O) groups is 4. The number of aromatic amines is 2. The first kappa shape index (κ1) is 36.7. The van der Waals surface area contributed by atoms with E-state index in [2.05, 4.69) is 16.5 Å². The number of methoxy groups -OCH3 is 3. The predicted molar refractivity (Wildman–Crippen MR) is 201 cm³/mol. The second kappa shape index (κ2) is 14.2. The highest BCUT2D eigenvalue weighted by Gasteiger charge is 2.54. The van der Waals surface area contributed by atoms with Crippen molar-refractivity contribution in [3.8, 4) is 0 Å². The molecule has 274 valence electrons. The molecular formula is C41H42N4O8. The zero-order chi connectivity index (χ0) is 38.4. The standard InChI is InChI=1S/C41H42N4O8/c1-9-23-20(2)28-17-34-26-10-13-27(39(49)52-7)41(5,40(50)53-8)38(26)35(45-34)18-30-22(4)25(12-15-37(48)51-6)33(44-30)19-32-24(11-14-36(46)47)21(3)29(43-32)16-31(23)42-28/h9-10,13,16-19,38,42-43H,1,11-12,14-15H2,2-8H3,(H,46,47)/t38?,41-/m1/s1.